The predicted molar refractivity (Wildman–Crippen MR) is 70.4 cm³/mol. The summed E-state index contributed by atoms with van der Waals surface area (Å²) in [6, 6.07) is 1.77. The molecule has 0 aliphatic carbocycles. The molecule has 1 N–H and O–H groups in total. The maximum atomic E-state index is 11.3. The van der Waals surface area contributed by atoms with Gasteiger partial charge in [-0.1, -0.05) is 24.0 Å². The Morgan fingerprint density at radius 2 is 2.27 bits per heavy atom. The van der Waals surface area contributed by atoms with Gasteiger partial charge in [0, 0.05) is 6.08 Å². The highest BCUT2D eigenvalue weighted by Gasteiger charge is 2.22. The van der Waals surface area contributed by atoms with E-state index in [-0.39, 0.29) is 5.91 Å². The van der Waals surface area contributed by atoms with Crippen LogP contribution in [0.4, 0.5) is 0 Å². The summed E-state index contributed by atoms with van der Waals surface area (Å²) < 4.78 is 7.19. The maximum Gasteiger partial charge on any atom is 0.263 e. The molecule has 1 aromatic rings. The van der Waals surface area contributed by atoms with Crippen LogP contribution in [0, 0.1) is 0 Å². The van der Waals surface area contributed by atoms with Crippen LogP contribution in [0.25, 0.3) is 6.08 Å². The number of amides is 1. The average Bonchev–Trinajstić information content (AvgIpc) is 2.59. The molecule has 0 radical (unpaired) electrons. The van der Waals surface area contributed by atoms with Crippen LogP contribution >= 0.6 is 55.8 Å². The standard InChI is InChI=1S/C8H3Br2NO2S2/c9-4-1-3(13-6(4)10)2-5-7(12)11-8(14)15-5/h1-2H,(H,11,12,14)/b5-2-. The smallest absolute Gasteiger partial charge is 0.263 e. The van der Waals surface area contributed by atoms with E-state index in [1.807, 2.05) is 0 Å². The zero-order valence-corrected chi connectivity index (χ0v) is 11.8. The lowest BCUT2D eigenvalue weighted by Crippen LogP contribution is -2.17. The Hall–Kier alpha value is -0.110. The number of furan rings is 1. The molecular weight excluding hydrogens is 366 g/mol. The van der Waals surface area contributed by atoms with Crippen molar-refractivity contribution in [1.82, 2.24) is 5.32 Å². The summed E-state index contributed by atoms with van der Waals surface area (Å²) in [7, 11) is 0. The van der Waals surface area contributed by atoms with Crippen molar-refractivity contribution in [2.24, 2.45) is 0 Å². The van der Waals surface area contributed by atoms with Gasteiger partial charge in [0.25, 0.3) is 5.91 Å². The van der Waals surface area contributed by atoms with Crippen LogP contribution in [-0.2, 0) is 4.79 Å². The Bertz CT molecular complexity index is 461. The van der Waals surface area contributed by atoms with Crippen LogP contribution in [0.2, 0.25) is 0 Å². The molecule has 0 aromatic carbocycles. The Morgan fingerprint density at radius 1 is 1.53 bits per heavy atom. The van der Waals surface area contributed by atoms with E-state index >= 15 is 0 Å². The Morgan fingerprint density at radius 3 is 2.73 bits per heavy atom. The van der Waals surface area contributed by atoms with E-state index in [4.69, 9.17) is 16.6 Å². The third-order valence-corrected chi connectivity index (χ3v) is 4.45. The van der Waals surface area contributed by atoms with Crippen molar-refractivity contribution >= 4 is 72.1 Å². The van der Waals surface area contributed by atoms with Gasteiger partial charge in [0.2, 0.25) is 0 Å². The molecule has 78 valence electrons. The van der Waals surface area contributed by atoms with E-state index < -0.39 is 0 Å². The molecule has 2 rings (SSSR count). The molecule has 1 fully saturated rings. The van der Waals surface area contributed by atoms with Crippen molar-refractivity contribution in [3.8, 4) is 0 Å². The first-order valence-corrected chi connectivity index (χ1v) is 6.57. The van der Waals surface area contributed by atoms with E-state index in [9.17, 15) is 4.79 Å². The van der Waals surface area contributed by atoms with Gasteiger partial charge < -0.3 is 9.73 Å². The fraction of sp³-hybridized carbons (Fsp3) is 0. The Kier molecular flexibility index (Phi) is 3.34. The average molecular weight is 369 g/mol. The van der Waals surface area contributed by atoms with Crippen molar-refractivity contribution in [2.45, 2.75) is 0 Å². The number of carbonyl (C=O) groups excluding carboxylic acids is 1. The van der Waals surface area contributed by atoms with Crippen LogP contribution in [0.5, 0.6) is 0 Å². The lowest BCUT2D eigenvalue weighted by Gasteiger charge is -1.88. The molecule has 1 aromatic heterocycles. The number of hydrogen-bond donors (Lipinski definition) is 1. The first-order valence-electron chi connectivity index (χ1n) is 3.76. The zero-order chi connectivity index (χ0) is 11.0. The quantitative estimate of drug-likeness (QED) is 0.610. The summed E-state index contributed by atoms with van der Waals surface area (Å²) in [5, 5.41) is 2.53. The normalized spacial score (nSPS) is 18.7. The SMILES string of the molecule is O=C1NC(=S)S/C1=C\c1cc(Br)c(Br)o1. The van der Waals surface area contributed by atoms with Crippen LogP contribution in [0.1, 0.15) is 5.76 Å². The predicted octanol–water partition coefficient (Wildman–Crippen LogP) is 3.29. The molecule has 1 aliphatic rings. The van der Waals surface area contributed by atoms with Crippen molar-refractivity contribution in [3.63, 3.8) is 0 Å². The number of nitrogens with one attached hydrogen (secondary N) is 1. The van der Waals surface area contributed by atoms with Crippen molar-refractivity contribution < 1.29 is 9.21 Å². The second-order valence-corrected chi connectivity index (χ2v) is 5.92. The lowest BCUT2D eigenvalue weighted by molar-refractivity contribution is -0.115. The van der Waals surface area contributed by atoms with Crippen molar-refractivity contribution in [3.05, 3.63) is 25.9 Å². The van der Waals surface area contributed by atoms with E-state index in [1.54, 1.807) is 12.1 Å². The Labute approximate surface area is 112 Å². The topological polar surface area (TPSA) is 42.2 Å². The minimum Gasteiger partial charge on any atom is -0.449 e. The van der Waals surface area contributed by atoms with Gasteiger partial charge in [-0.3, -0.25) is 4.79 Å². The summed E-state index contributed by atoms with van der Waals surface area (Å²) in [6.07, 6.45) is 1.65. The third-order valence-electron chi connectivity index (χ3n) is 1.58. The number of thioether (sulfide) groups is 1. The number of carbonyl (C=O) groups is 1. The highest BCUT2D eigenvalue weighted by molar-refractivity contribution is 9.13. The summed E-state index contributed by atoms with van der Waals surface area (Å²) >= 11 is 12.6. The molecule has 0 saturated carbocycles. The molecular formula is C8H3Br2NO2S2. The maximum absolute atomic E-state index is 11.3. The molecule has 1 saturated heterocycles. The second-order valence-electron chi connectivity index (χ2n) is 2.62. The third kappa shape index (κ3) is 2.52. The highest BCUT2D eigenvalue weighted by atomic mass is 79.9. The molecule has 0 bridgehead atoms. The fourth-order valence-electron chi connectivity index (χ4n) is 0.985. The minimum absolute atomic E-state index is 0.186. The molecule has 1 aliphatic heterocycles. The van der Waals surface area contributed by atoms with Crippen LogP contribution < -0.4 is 5.32 Å². The number of halogens is 2. The van der Waals surface area contributed by atoms with Gasteiger partial charge in [-0.15, -0.1) is 0 Å². The number of hydrogen-bond acceptors (Lipinski definition) is 4. The summed E-state index contributed by atoms with van der Waals surface area (Å²) in [4.78, 5) is 11.9. The van der Waals surface area contributed by atoms with Crippen LogP contribution in [-0.4, -0.2) is 10.2 Å². The molecule has 7 heteroatoms. The molecule has 1 amide bonds. The molecule has 0 unspecified atom stereocenters. The lowest BCUT2D eigenvalue weighted by atomic mass is 10.4. The molecule has 0 spiro atoms. The van der Waals surface area contributed by atoms with Gasteiger partial charge in [-0.05, 0) is 37.9 Å². The van der Waals surface area contributed by atoms with E-state index in [0.717, 1.165) is 4.47 Å². The molecule has 2 heterocycles. The zero-order valence-electron chi connectivity index (χ0n) is 7.04. The fourth-order valence-corrected chi connectivity index (χ4v) is 2.62. The van der Waals surface area contributed by atoms with E-state index in [2.05, 4.69) is 37.2 Å². The highest BCUT2D eigenvalue weighted by Crippen LogP contribution is 2.31. The molecule has 3 nitrogen and oxygen atoms in total. The summed E-state index contributed by atoms with van der Waals surface area (Å²) in [5.74, 6) is 0.407. The van der Waals surface area contributed by atoms with Crippen LogP contribution in [0.15, 0.2) is 24.5 Å². The summed E-state index contributed by atoms with van der Waals surface area (Å²) in [6.45, 7) is 0. The first-order chi connectivity index (χ1) is 7.06. The molecule has 15 heavy (non-hydrogen) atoms. The van der Waals surface area contributed by atoms with Gasteiger partial charge >= 0.3 is 0 Å². The van der Waals surface area contributed by atoms with E-state index in [1.165, 1.54) is 11.8 Å². The second kappa shape index (κ2) is 4.40. The van der Waals surface area contributed by atoms with Gasteiger partial charge in [0.1, 0.15) is 10.1 Å². The van der Waals surface area contributed by atoms with Crippen LogP contribution in [0.3, 0.4) is 0 Å². The molecule has 0 atom stereocenters. The Balaban J connectivity index is 2.30. The monoisotopic (exact) mass is 367 g/mol. The van der Waals surface area contributed by atoms with Gasteiger partial charge in [0.05, 0.1) is 9.38 Å². The number of thiocarbonyl (C=S) groups is 1. The van der Waals surface area contributed by atoms with Gasteiger partial charge in [-0.2, -0.15) is 0 Å². The van der Waals surface area contributed by atoms with Crippen molar-refractivity contribution in [2.75, 3.05) is 0 Å². The minimum atomic E-state index is -0.186. The van der Waals surface area contributed by atoms with Gasteiger partial charge in [-0.25, -0.2) is 0 Å². The number of rotatable bonds is 1. The van der Waals surface area contributed by atoms with Gasteiger partial charge in [0.15, 0.2) is 4.67 Å². The first kappa shape index (κ1) is 11.4. The van der Waals surface area contributed by atoms with Crippen molar-refractivity contribution in [1.29, 1.82) is 0 Å². The largest absolute Gasteiger partial charge is 0.449 e. The summed E-state index contributed by atoms with van der Waals surface area (Å²) in [5.41, 5.74) is 0. The van der Waals surface area contributed by atoms with E-state index in [0.29, 0.717) is 19.7 Å².